The molecule has 1 aliphatic heterocycles. The van der Waals surface area contributed by atoms with E-state index < -0.39 is 0 Å². The van der Waals surface area contributed by atoms with E-state index in [-0.39, 0.29) is 12.0 Å². The molecule has 0 aliphatic carbocycles. The van der Waals surface area contributed by atoms with Crippen LogP contribution in [-0.2, 0) is 9.53 Å². The smallest absolute Gasteiger partial charge is 0.337 e. The van der Waals surface area contributed by atoms with Crippen molar-refractivity contribution < 1.29 is 9.53 Å². The van der Waals surface area contributed by atoms with Gasteiger partial charge in [0.1, 0.15) is 0 Å². The molecule has 2 aromatic carbocycles. The molecule has 1 heterocycles. The molecule has 2 N–H and O–H groups in total. The van der Waals surface area contributed by atoms with E-state index in [4.69, 9.17) is 17.0 Å². The molecule has 0 unspecified atom stereocenters. The Balaban J connectivity index is 2.11. The van der Waals surface area contributed by atoms with E-state index in [0.29, 0.717) is 16.4 Å². The fourth-order valence-corrected chi connectivity index (χ4v) is 2.98. The monoisotopic (exact) mass is 312 g/mol. The minimum Gasteiger partial charge on any atom is -0.466 e. The van der Waals surface area contributed by atoms with Gasteiger partial charge in [0, 0.05) is 5.70 Å². The number of rotatable bonds is 2. The van der Waals surface area contributed by atoms with Crippen LogP contribution in [0.2, 0.25) is 0 Å². The van der Waals surface area contributed by atoms with Crippen LogP contribution in [0.15, 0.2) is 53.7 Å². The summed E-state index contributed by atoms with van der Waals surface area (Å²) in [6.07, 6.45) is 0. The van der Waals surface area contributed by atoms with Crippen LogP contribution < -0.4 is 10.6 Å². The lowest BCUT2D eigenvalue weighted by atomic mass is 9.94. The van der Waals surface area contributed by atoms with Gasteiger partial charge in [-0.25, -0.2) is 4.79 Å². The molecule has 112 valence electrons. The highest BCUT2D eigenvalue weighted by Crippen LogP contribution is 2.29. The summed E-state index contributed by atoms with van der Waals surface area (Å²) in [7, 11) is 1.38. The molecule has 2 aromatic rings. The number of hydrogen-bond donors (Lipinski definition) is 2. The van der Waals surface area contributed by atoms with E-state index in [9.17, 15) is 4.79 Å². The summed E-state index contributed by atoms with van der Waals surface area (Å²) < 4.78 is 4.91. The number of allylic oxidation sites excluding steroid dienone is 1. The van der Waals surface area contributed by atoms with Gasteiger partial charge in [0.2, 0.25) is 0 Å². The summed E-state index contributed by atoms with van der Waals surface area (Å²) in [6, 6.07) is 13.9. The zero-order chi connectivity index (χ0) is 15.7. The number of esters is 1. The first kappa shape index (κ1) is 14.5. The SMILES string of the molecule is COC(=O)C1=C(C)NC(=S)N[C@H]1c1ccc2ccccc2c1. The van der Waals surface area contributed by atoms with Crippen molar-refractivity contribution in [3.63, 3.8) is 0 Å². The van der Waals surface area contributed by atoms with Gasteiger partial charge in [0.05, 0.1) is 18.7 Å². The highest BCUT2D eigenvalue weighted by atomic mass is 32.1. The van der Waals surface area contributed by atoms with E-state index >= 15 is 0 Å². The summed E-state index contributed by atoms with van der Waals surface area (Å²) in [6.45, 7) is 1.83. The molecule has 0 radical (unpaired) electrons. The van der Waals surface area contributed by atoms with Gasteiger partial charge in [-0.3, -0.25) is 0 Å². The maximum atomic E-state index is 12.1. The lowest BCUT2D eigenvalue weighted by Gasteiger charge is -2.29. The van der Waals surface area contributed by atoms with Gasteiger partial charge in [-0.05, 0) is 41.5 Å². The number of carbonyl (C=O) groups is 1. The first-order valence-corrected chi connectivity index (χ1v) is 7.36. The maximum absolute atomic E-state index is 12.1. The van der Waals surface area contributed by atoms with Crippen LogP contribution in [0.25, 0.3) is 10.8 Å². The van der Waals surface area contributed by atoms with Crippen LogP contribution in [0.5, 0.6) is 0 Å². The molecule has 5 heteroatoms. The molecule has 0 fully saturated rings. The van der Waals surface area contributed by atoms with Crippen molar-refractivity contribution in [2.24, 2.45) is 0 Å². The molecule has 0 amide bonds. The first-order chi connectivity index (χ1) is 10.6. The van der Waals surface area contributed by atoms with Crippen LogP contribution in [0, 0.1) is 0 Å². The fraction of sp³-hybridized carbons (Fsp3) is 0.176. The van der Waals surface area contributed by atoms with E-state index in [2.05, 4.69) is 22.8 Å². The van der Waals surface area contributed by atoms with Crippen LogP contribution in [0.4, 0.5) is 0 Å². The summed E-state index contributed by atoms with van der Waals surface area (Å²) >= 11 is 5.22. The van der Waals surface area contributed by atoms with Crippen LogP contribution >= 0.6 is 12.2 Å². The predicted molar refractivity (Wildman–Crippen MR) is 90.3 cm³/mol. The van der Waals surface area contributed by atoms with Crippen LogP contribution in [0.1, 0.15) is 18.5 Å². The molecule has 0 bridgehead atoms. The number of hydrogen-bond acceptors (Lipinski definition) is 3. The molecule has 1 aliphatic rings. The lowest BCUT2D eigenvalue weighted by Crippen LogP contribution is -2.45. The number of thiocarbonyl (C=S) groups is 1. The molecule has 22 heavy (non-hydrogen) atoms. The fourth-order valence-electron chi connectivity index (χ4n) is 2.71. The van der Waals surface area contributed by atoms with Crippen molar-refractivity contribution in [1.82, 2.24) is 10.6 Å². The number of fused-ring (bicyclic) bond motifs is 1. The number of ether oxygens (including phenoxy) is 1. The summed E-state index contributed by atoms with van der Waals surface area (Å²) in [4.78, 5) is 12.1. The van der Waals surface area contributed by atoms with E-state index in [1.807, 2.05) is 37.3 Å². The van der Waals surface area contributed by atoms with Crippen molar-refractivity contribution >= 4 is 34.1 Å². The van der Waals surface area contributed by atoms with Gasteiger partial charge in [-0.2, -0.15) is 0 Å². The van der Waals surface area contributed by atoms with Gasteiger partial charge >= 0.3 is 5.97 Å². The zero-order valence-corrected chi connectivity index (χ0v) is 13.2. The molecule has 3 rings (SSSR count). The average molecular weight is 312 g/mol. The molecule has 0 aromatic heterocycles. The topological polar surface area (TPSA) is 50.4 Å². The third-order valence-corrected chi connectivity index (χ3v) is 4.00. The molecule has 4 nitrogen and oxygen atoms in total. The third-order valence-electron chi connectivity index (χ3n) is 3.78. The second kappa shape index (κ2) is 5.77. The molecule has 0 saturated carbocycles. The van der Waals surface area contributed by atoms with Crippen molar-refractivity contribution in [1.29, 1.82) is 0 Å². The first-order valence-electron chi connectivity index (χ1n) is 6.95. The van der Waals surface area contributed by atoms with E-state index in [1.165, 1.54) is 7.11 Å². The summed E-state index contributed by atoms with van der Waals surface area (Å²) in [5.41, 5.74) is 2.24. The molecule has 0 saturated heterocycles. The van der Waals surface area contributed by atoms with Crippen LogP contribution in [0.3, 0.4) is 0 Å². The number of benzene rings is 2. The molecular weight excluding hydrogens is 296 g/mol. The maximum Gasteiger partial charge on any atom is 0.337 e. The predicted octanol–water partition coefficient (Wildman–Crippen LogP) is 2.81. The molecular formula is C17H16N2O2S. The minimum atomic E-state index is -0.363. The lowest BCUT2D eigenvalue weighted by molar-refractivity contribution is -0.136. The number of methoxy groups -OCH3 is 1. The Labute approximate surface area is 134 Å². The largest absolute Gasteiger partial charge is 0.466 e. The zero-order valence-electron chi connectivity index (χ0n) is 12.3. The quantitative estimate of drug-likeness (QED) is 0.660. The standard InChI is InChI=1S/C17H16N2O2S/c1-10-14(16(20)21-2)15(19-17(22)18-10)13-8-7-11-5-3-4-6-12(11)9-13/h3-9,15H,1-2H3,(H2,18,19,22)/t15-/m0/s1. The van der Waals surface area contributed by atoms with Gasteiger partial charge in [0.25, 0.3) is 0 Å². The van der Waals surface area contributed by atoms with Gasteiger partial charge < -0.3 is 15.4 Å². The van der Waals surface area contributed by atoms with Crippen molar-refractivity contribution in [2.45, 2.75) is 13.0 Å². The van der Waals surface area contributed by atoms with E-state index in [0.717, 1.165) is 16.3 Å². The summed E-state index contributed by atoms with van der Waals surface area (Å²) in [5, 5.41) is 8.91. The molecule has 1 atom stereocenters. The highest BCUT2D eigenvalue weighted by Gasteiger charge is 2.30. The Morgan fingerprint density at radius 2 is 1.91 bits per heavy atom. The van der Waals surface area contributed by atoms with Crippen molar-refractivity contribution in [3.05, 3.63) is 59.3 Å². The third kappa shape index (κ3) is 2.55. The number of nitrogens with one attached hydrogen (secondary N) is 2. The Morgan fingerprint density at radius 1 is 1.18 bits per heavy atom. The van der Waals surface area contributed by atoms with Gasteiger partial charge in [-0.15, -0.1) is 0 Å². The normalized spacial score (nSPS) is 17.9. The van der Waals surface area contributed by atoms with E-state index in [1.54, 1.807) is 0 Å². The van der Waals surface area contributed by atoms with Crippen LogP contribution in [-0.4, -0.2) is 18.2 Å². The van der Waals surface area contributed by atoms with Crippen molar-refractivity contribution in [3.8, 4) is 0 Å². The second-order valence-electron chi connectivity index (χ2n) is 5.17. The van der Waals surface area contributed by atoms with Crippen molar-refractivity contribution in [2.75, 3.05) is 7.11 Å². The average Bonchev–Trinajstić information content (AvgIpc) is 2.53. The second-order valence-corrected chi connectivity index (χ2v) is 5.58. The Kier molecular flexibility index (Phi) is 3.81. The number of carbonyl (C=O) groups excluding carboxylic acids is 1. The van der Waals surface area contributed by atoms with Gasteiger partial charge in [0.15, 0.2) is 5.11 Å². The Bertz CT molecular complexity index is 798. The summed E-state index contributed by atoms with van der Waals surface area (Å²) in [5.74, 6) is -0.363. The minimum absolute atomic E-state index is 0.314. The Morgan fingerprint density at radius 3 is 2.64 bits per heavy atom. The van der Waals surface area contributed by atoms with Gasteiger partial charge in [-0.1, -0.05) is 36.4 Å². The Hall–Kier alpha value is -2.40. The highest BCUT2D eigenvalue weighted by molar-refractivity contribution is 7.80. The molecule has 0 spiro atoms.